The predicted octanol–water partition coefficient (Wildman–Crippen LogP) is 6.16. The van der Waals surface area contributed by atoms with E-state index in [1.165, 1.54) is 57.8 Å². The highest BCUT2D eigenvalue weighted by atomic mass is 16.7. The summed E-state index contributed by atoms with van der Waals surface area (Å²) in [5.41, 5.74) is 0. The molecule has 0 spiro atoms. The normalized spacial score (nSPS) is 12.3. The molecule has 0 aliphatic rings. The molecule has 20 heavy (non-hydrogen) atoms. The number of unbranched alkanes of at least 4 members (excludes halogenated alkanes) is 9. The summed E-state index contributed by atoms with van der Waals surface area (Å²) < 4.78 is 4.89. The van der Waals surface area contributed by atoms with E-state index in [4.69, 9.17) is 9.84 Å². The van der Waals surface area contributed by atoms with Crippen LogP contribution in [0.1, 0.15) is 97.3 Å². The maximum Gasteiger partial charge on any atom is 0.506 e. The summed E-state index contributed by atoms with van der Waals surface area (Å²) in [4.78, 5) is 10.5. The summed E-state index contributed by atoms with van der Waals surface area (Å²) >= 11 is 0. The molecule has 0 saturated heterocycles. The molecule has 3 nitrogen and oxygen atoms in total. The third kappa shape index (κ3) is 13.7. The molecule has 0 aromatic carbocycles. The van der Waals surface area contributed by atoms with Gasteiger partial charge in [0, 0.05) is 0 Å². The van der Waals surface area contributed by atoms with Crippen LogP contribution >= 0.6 is 0 Å². The fourth-order valence-electron chi connectivity index (χ4n) is 2.59. The summed E-state index contributed by atoms with van der Waals surface area (Å²) in [7, 11) is 0. The lowest BCUT2D eigenvalue weighted by atomic mass is 10.0. The van der Waals surface area contributed by atoms with Gasteiger partial charge >= 0.3 is 6.16 Å². The fraction of sp³-hybridized carbons (Fsp3) is 0.941. The number of hydrogen-bond donors (Lipinski definition) is 1. The van der Waals surface area contributed by atoms with Crippen molar-refractivity contribution in [1.29, 1.82) is 0 Å². The Morgan fingerprint density at radius 2 is 1.30 bits per heavy atom. The second-order valence-corrected chi connectivity index (χ2v) is 5.77. The highest BCUT2D eigenvalue weighted by Gasteiger charge is 2.11. The van der Waals surface area contributed by atoms with Crippen molar-refractivity contribution in [3.8, 4) is 0 Å². The Bertz CT molecular complexity index is 216. The first-order valence-electron chi connectivity index (χ1n) is 8.60. The van der Waals surface area contributed by atoms with Crippen molar-refractivity contribution in [2.45, 2.75) is 103 Å². The molecular weight excluding hydrogens is 252 g/mol. The van der Waals surface area contributed by atoms with Gasteiger partial charge in [-0.1, -0.05) is 78.1 Å². The number of rotatable bonds is 14. The van der Waals surface area contributed by atoms with E-state index >= 15 is 0 Å². The first-order chi connectivity index (χ1) is 9.70. The van der Waals surface area contributed by atoms with Crippen molar-refractivity contribution in [3.05, 3.63) is 0 Å². The zero-order chi connectivity index (χ0) is 15.1. The van der Waals surface area contributed by atoms with Crippen LogP contribution in [-0.4, -0.2) is 17.4 Å². The SMILES string of the molecule is CCCCCCCCCCCCC(CCC)OC(=O)O. The molecule has 0 heterocycles. The Labute approximate surface area is 125 Å². The molecule has 0 saturated carbocycles. The van der Waals surface area contributed by atoms with Gasteiger partial charge in [-0.15, -0.1) is 0 Å². The van der Waals surface area contributed by atoms with E-state index in [9.17, 15) is 4.79 Å². The van der Waals surface area contributed by atoms with E-state index in [2.05, 4.69) is 13.8 Å². The molecule has 120 valence electrons. The van der Waals surface area contributed by atoms with Crippen LogP contribution in [0.25, 0.3) is 0 Å². The maximum atomic E-state index is 10.5. The van der Waals surface area contributed by atoms with Gasteiger partial charge < -0.3 is 9.84 Å². The van der Waals surface area contributed by atoms with Gasteiger partial charge in [0.2, 0.25) is 0 Å². The minimum absolute atomic E-state index is 0.0912. The summed E-state index contributed by atoms with van der Waals surface area (Å²) in [6.45, 7) is 4.32. The Hall–Kier alpha value is -0.730. The molecule has 1 atom stereocenters. The molecule has 0 amide bonds. The van der Waals surface area contributed by atoms with Crippen LogP contribution in [0.3, 0.4) is 0 Å². The highest BCUT2D eigenvalue weighted by Crippen LogP contribution is 2.15. The fourth-order valence-corrected chi connectivity index (χ4v) is 2.59. The third-order valence-corrected chi connectivity index (χ3v) is 3.76. The molecule has 0 radical (unpaired) electrons. The Morgan fingerprint density at radius 1 is 0.800 bits per heavy atom. The zero-order valence-corrected chi connectivity index (χ0v) is 13.5. The molecule has 1 N–H and O–H groups in total. The standard InChI is InChI=1S/C17H34O3/c1-3-5-6-7-8-9-10-11-12-13-15-16(14-4-2)20-17(18)19/h16H,3-15H2,1-2H3,(H,18,19). The first-order valence-corrected chi connectivity index (χ1v) is 8.60. The Kier molecular flexibility index (Phi) is 14.1. The molecule has 1 unspecified atom stereocenters. The van der Waals surface area contributed by atoms with Gasteiger partial charge in [-0.3, -0.25) is 0 Å². The van der Waals surface area contributed by atoms with Crippen LogP contribution in [-0.2, 0) is 4.74 Å². The lowest BCUT2D eigenvalue weighted by Crippen LogP contribution is -2.16. The molecule has 0 bridgehead atoms. The summed E-state index contributed by atoms with van der Waals surface area (Å²) in [6.07, 6.45) is 14.6. The minimum atomic E-state index is -1.13. The quantitative estimate of drug-likeness (QED) is 0.307. The highest BCUT2D eigenvalue weighted by molar-refractivity contribution is 5.57. The maximum absolute atomic E-state index is 10.5. The molecule has 0 rings (SSSR count). The first kappa shape index (κ1) is 19.3. The van der Waals surface area contributed by atoms with Gasteiger partial charge in [-0.2, -0.15) is 0 Å². The molecule has 0 aliphatic carbocycles. The summed E-state index contributed by atoms with van der Waals surface area (Å²) in [5, 5.41) is 8.65. The molecule has 0 aromatic rings. The van der Waals surface area contributed by atoms with Crippen LogP contribution < -0.4 is 0 Å². The Morgan fingerprint density at radius 3 is 1.75 bits per heavy atom. The van der Waals surface area contributed by atoms with E-state index in [1.54, 1.807) is 0 Å². The second kappa shape index (κ2) is 14.7. The average molecular weight is 286 g/mol. The van der Waals surface area contributed by atoms with Crippen molar-refractivity contribution >= 4 is 6.16 Å². The van der Waals surface area contributed by atoms with Gasteiger partial charge in [-0.25, -0.2) is 4.79 Å². The van der Waals surface area contributed by atoms with Crippen molar-refractivity contribution in [2.75, 3.05) is 0 Å². The molecule has 0 fully saturated rings. The number of ether oxygens (including phenoxy) is 1. The number of carboxylic acid groups (broad SMARTS) is 1. The topological polar surface area (TPSA) is 46.5 Å². The van der Waals surface area contributed by atoms with Gasteiger partial charge in [0.15, 0.2) is 0 Å². The van der Waals surface area contributed by atoms with Crippen LogP contribution in [0.4, 0.5) is 4.79 Å². The smallest absolute Gasteiger partial charge is 0.450 e. The van der Waals surface area contributed by atoms with Crippen molar-refractivity contribution in [1.82, 2.24) is 0 Å². The van der Waals surface area contributed by atoms with Crippen LogP contribution in [0.5, 0.6) is 0 Å². The van der Waals surface area contributed by atoms with E-state index in [0.29, 0.717) is 0 Å². The molecule has 3 heteroatoms. The van der Waals surface area contributed by atoms with Gasteiger partial charge in [-0.05, 0) is 19.3 Å². The number of carbonyl (C=O) groups is 1. The average Bonchev–Trinajstić information content (AvgIpc) is 2.40. The largest absolute Gasteiger partial charge is 0.506 e. The second-order valence-electron chi connectivity index (χ2n) is 5.77. The minimum Gasteiger partial charge on any atom is -0.450 e. The predicted molar refractivity (Wildman–Crippen MR) is 84.3 cm³/mol. The monoisotopic (exact) mass is 286 g/mol. The van der Waals surface area contributed by atoms with E-state index in [0.717, 1.165) is 25.7 Å². The van der Waals surface area contributed by atoms with Gasteiger partial charge in [0.05, 0.1) is 0 Å². The van der Waals surface area contributed by atoms with Crippen molar-refractivity contribution < 1.29 is 14.6 Å². The number of hydrogen-bond acceptors (Lipinski definition) is 2. The van der Waals surface area contributed by atoms with Crippen molar-refractivity contribution in [3.63, 3.8) is 0 Å². The lowest BCUT2D eigenvalue weighted by molar-refractivity contribution is 0.0431. The molecule has 0 aromatic heterocycles. The summed E-state index contributed by atoms with van der Waals surface area (Å²) in [5.74, 6) is 0. The van der Waals surface area contributed by atoms with Gasteiger partial charge in [0.1, 0.15) is 6.10 Å². The lowest BCUT2D eigenvalue weighted by Gasteiger charge is -2.14. The van der Waals surface area contributed by atoms with E-state index in [-0.39, 0.29) is 6.10 Å². The summed E-state index contributed by atoms with van der Waals surface area (Å²) in [6, 6.07) is 0. The van der Waals surface area contributed by atoms with E-state index in [1.807, 2.05) is 0 Å². The van der Waals surface area contributed by atoms with Gasteiger partial charge in [0.25, 0.3) is 0 Å². The Balaban J connectivity index is 3.34. The van der Waals surface area contributed by atoms with Crippen LogP contribution in [0.2, 0.25) is 0 Å². The van der Waals surface area contributed by atoms with E-state index < -0.39 is 6.16 Å². The molecule has 0 aliphatic heterocycles. The molecular formula is C17H34O3. The third-order valence-electron chi connectivity index (χ3n) is 3.76. The zero-order valence-electron chi connectivity index (χ0n) is 13.5. The van der Waals surface area contributed by atoms with Crippen molar-refractivity contribution in [2.24, 2.45) is 0 Å². The van der Waals surface area contributed by atoms with Crippen LogP contribution in [0, 0.1) is 0 Å². The van der Waals surface area contributed by atoms with Crippen LogP contribution in [0.15, 0.2) is 0 Å².